The highest BCUT2D eigenvalue weighted by atomic mass is 16.5. The number of aromatic nitrogens is 4. The average molecular weight is 562 g/mol. The van der Waals surface area contributed by atoms with E-state index in [1.54, 1.807) is 6.33 Å². The molecule has 6 rings (SSSR count). The van der Waals surface area contributed by atoms with Gasteiger partial charge in [-0.2, -0.15) is 5.26 Å². The van der Waals surface area contributed by atoms with Crippen molar-refractivity contribution in [1.82, 2.24) is 25.1 Å². The van der Waals surface area contributed by atoms with Gasteiger partial charge in [-0.25, -0.2) is 4.98 Å². The van der Waals surface area contributed by atoms with E-state index in [0.717, 1.165) is 41.2 Å². The zero-order valence-corrected chi connectivity index (χ0v) is 24.2. The maximum atomic E-state index is 13.6. The molecule has 0 unspecified atom stereocenters. The number of benzene rings is 2. The van der Waals surface area contributed by atoms with Crippen molar-refractivity contribution in [2.75, 3.05) is 11.9 Å². The highest BCUT2D eigenvalue weighted by Crippen LogP contribution is 2.53. The summed E-state index contributed by atoms with van der Waals surface area (Å²) < 4.78 is 8.02. The maximum Gasteiger partial charge on any atom is 0.274 e. The number of rotatable bonds is 9. The predicted molar refractivity (Wildman–Crippen MR) is 159 cm³/mol. The summed E-state index contributed by atoms with van der Waals surface area (Å²) in [7, 11) is 1.94. The number of hydrogen-bond donors (Lipinski definition) is 2. The number of anilines is 1. The van der Waals surface area contributed by atoms with E-state index in [0.29, 0.717) is 43.4 Å². The van der Waals surface area contributed by atoms with Gasteiger partial charge in [-0.05, 0) is 48.1 Å². The minimum Gasteiger partial charge on any atom is -0.490 e. The average Bonchev–Trinajstić information content (AvgIpc) is 3.53. The third kappa shape index (κ3) is 5.14. The molecule has 214 valence electrons. The number of hydrogen-bond acceptors (Lipinski definition) is 7. The standard InChI is InChI=1S/C33H35N7O2/c1-32(2)20-42-28-24(19-35-18-22-8-5-4-6-9-22)14-27(38-29(28)32)30(41)37-26-11-7-10-25(15-26)33(16-23(17-33)12-13-34)31-39-36-21-40(31)3/h4-11,14-15,21,23,35H,12,16-20H2,1-3H3,(H,37,41). The minimum atomic E-state index is -0.349. The van der Waals surface area contributed by atoms with E-state index in [-0.39, 0.29) is 16.7 Å². The third-order valence-electron chi connectivity index (χ3n) is 8.46. The van der Waals surface area contributed by atoms with Gasteiger partial charge in [-0.1, -0.05) is 56.3 Å². The zero-order valence-electron chi connectivity index (χ0n) is 24.2. The van der Waals surface area contributed by atoms with Crippen LogP contribution in [-0.4, -0.2) is 32.3 Å². The SMILES string of the molecule is Cn1cnnc1C1(c2cccc(NC(=O)c3cc(CNCc4ccccc4)c4c(n3)C(C)(C)CO4)c2)CC(CC#N)C1. The Kier molecular flexibility index (Phi) is 7.25. The second kappa shape index (κ2) is 11.0. The highest BCUT2D eigenvalue weighted by Gasteiger charge is 2.49. The lowest BCUT2D eigenvalue weighted by atomic mass is 9.57. The molecule has 9 nitrogen and oxygen atoms in total. The fourth-order valence-corrected chi connectivity index (χ4v) is 6.26. The molecule has 0 radical (unpaired) electrons. The van der Waals surface area contributed by atoms with E-state index in [9.17, 15) is 10.1 Å². The molecule has 0 spiro atoms. The monoisotopic (exact) mass is 561 g/mol. The van der Waals surface area contributed by atoms with Crippen molar-refractivity contribution in [3.8, 4) is 11.8 Å². The van der Waals surface area contributed by atoms with Gasteiger partial charge in [0, 0.05) is 43.2 Å². The molecule has 0 bridgehead atoms. The highest BCUT2D eigenvalue weighted by molar-refractivity contribution is 6.03. The molecular formula is C33H35N7O2. The summed E-state index contributed by atoms with van der Waals surface area (Å²) in [5, 5.41) is 24.4. The Morgan fingerprint density at radius 3 is 2.67 bits per heavy atom. The number of carbonyl (C=O) groups is 1. The molecule has 4 aromatic rings. The summed E-state index contributed by atoms with van der Waals surface area (Å²) in [5.74, 6) is 1.67. The summed E-state index contributed by atoms with van der Waals surface area (Å²) in [4.78, 5) is 18.4. The summed E-state index contributed by atoms with van der Waals surface area (Å²) >= 11 is 0. The van der Waals surface area contributed by atoms with Crippen molar-refractivity contribution >= 4 is 11.6 Å². The Labute approximate surface area is 246 Å². The number of fused-ring (bicyclic) bond motifs is 1. The lowest BCUT2D eigenvalue weighted by Gasteiger charge is -2.46. The number of nitrogens with one attached hydrogen (secondary N) is 2. The molecule has 9 heteroatoms. The number of nitriles is 1. The second-order valence-corrected chi connectivity index (χ2v) is 12.1. The fraction of sp³-hybridized carbons (Fsp3) is 0.364. The normalized spacial score (nSPS) is 20.2. The summed E-state index contributed by atoms with van der Waals surface area (Å²) in [6.07, 6.45) is 3.84. The van der Waals surface area contributed by atoms with Gasteiger partial charge < -0.3 is 19.9 Å². The first-order valence-corrected chi connectivity index (χ1v) is 14.3. The molecule has 2 aromatic carbocycles. The van der Waals surface area contributed by atoms with Crippen LogP contribution >= 0.6 is 0 Å². The molecule has 1 amide bonds. The lowest BCUT2D eigenvalue weighted by Crippen LogP contribution is -2.44. The quantitative estimate of drug-likeness (QED) is 0.294. The largest absolute Gasteiger partial charge is 0.490 e. The van der Waals surface area contributed by atoms with Gasteiger partial charge in [0.05, 0.1) is 23.8 Å². The van der Waals surface area contributed by atoms with E-state index in [2.05, 4.69) is 58.9 Å². The van der Waals surface area contributed by atoms with Gasteiger partial charge in [0.2, 0.25) is 0 Å². The van der Waals surface area contributed by atoms with Crippen LogP contribution in [0, 0.1) is 17.2 Å². The Hall–Kier alpha value is -4.55. The summed E-state index contributed by atoms with van der Waals surface area (Å²) in [5.41, 5.74) is 4.35. The number of aryl methyl sites for hydroxylation is 1. The first kappa shape index (κ1) is 27.6. The molecule has 1 saturated carbocycles. The van der Waals surface area contributed by atoms with Gasteiger partial charge in [0.15, 0.2) is 0 Å². The number of carbonyl (C=O) groups excluding carboxylic acids is 1. The van der Waals surface area contributed by atoms with Crippen LogP contribution in [0.3, 0.4) is 0 Å². The van der Waals surface area contributed by atoms with E-state index in [1.165, 1.54) is 5.56 Å². The Morgan fingerprint density at radius 1 is 1.12 bits per heavy atom. The van der Waals surface area contributed by atoms with Crippen molar-refractivity contribution in [3.63, 3.8) is 0 Å². The summed E-state index contributed by atoms with van der Waals surface area (Å²) in [6.45, 7) is 5.95. The molecule has 2 aliphatic rings. The Bertz CT molecular complexity index is 1650. The van der Waals surface area contributed by atoms with E-state index in [4.69, 9.17) is 9.72 Å². The van der Waals surface area contributed by atoms with Crippen molar-refractivity contribution in [2.45, 2.75) is 57.0 Å². The first-order chi connectivity index (χ1) is 20.3. The van der Waals surface area contributed by atoms with Crippen molar-refractivity contribution in [3.05, 3.63) is 101 Å². The number of ether oxygens (including phenoxy) is 1. The number of pyridine rings is 1. The molecule has 3 heterocycles. The molecule has 2 aromatic heterocycles. The van der Waals surface area contributed by atoms with Gasteiger partial charge in [-0.3, -0.25) is 4.79 Å². The fourth-order valence-electron chi connectivity index (χ4n) is 6.26. The summed E-state index contributed by atoms with van der Waals surface area (Å²) in [6, 6.07) is 22.3. The molecule has 1 aliphatic carbocycles. The van der Waals surface area contributed by atoms with Crippen LogP contribution in [0.5, 0.6) is 5.75 Å². The van der Waals surface area contributed by atoms with Gasteiger partial charge in [0.25, 0.3) is 5.91 Å². The van der Waals surface area contributed by atoms with Crippen LogP contribution in [0.2, 0.25) is 0 Å². The Morgan fingerprint density at radius 2 is 1.93 bits per heavy atom. The van der Waals surface area contributed by atoms with Gasteiger partial charge >= 0.3 is 0 Å². The number of nitrogens with zero attached hydrogens (tertiary/aromatic N) is 5. The number of amides is 1. The maximum absolute atomic E-state index is 13.6. The topological polar surface area (TPSA) is 118 Å². The first-order valence-electron chi connectivity index (χ1n) is 14.3. The molecule has 2 N–H and O–H groups in total. The van der Waals surface area contributed by atoms with Gasteiger partial charge in [0.1, 0.15) is 23.6 Å². The van der Waals surface area contributed by atoms with Crippen molar-refractivity contribution in [1.29, 1.82) is 5.26 Å². The smallest absolute Gasteiger partial charge is 0.274 e. The molecule has 0 saturated heterocycles. The van der Waals surface area contributed by atoms with Crippen molar-refractivity contribution in [2.24, 2.45) is 13.0 Å². The zero-order chi connectivity index (χ0) is 29.3. The van der Waals surface area contributed by atoms with Crippen LogP contribution in [0.25, 0.3) is 0 Å². The van der Waals surface area contributed by atoms with E-state index < -0.39 is 0 Å². The van der Waals surface area contributed by atoms with Crippen LogP contribution in [0.4, 0.5) is 5.69 Å². The van der Waals surface area contributed by atoms with Gasteiger partial charge in [-0.15, -0.1) is 10.2 Å². The van der Waals surface area contributed by atoms with Crippen LogP contribution in [0.15, 0.2) is 67.0 Å². The van der Waals surface area contributed by atoms with Crippen LogP contribution < -0.4 is 15.4 Å². The van der Waals surface area contributed by atoms with E-state index >= 15 is 0 Å². The third-order valence-corrected chi connectivity index (χ3v) is 8.46. The molecule has 1 aliphatic heterocycles. The Balaban J connectivity index is 1.25. The molecular weight excluding hydrogens is 526 g/mol. The minimum absolute atomic E-state index is 0.273. The lowest BCUT2D eigenvalue weighted by molar-refractivity contribution is 0.102. The molecule has 0 atom stereocenters. The van der Waals surface area contributed by atoms with E-state index in [1.807, 2.05) is 54.1 Å². The molecule has 1 fully saturated rings. The predicted octanol–water partition coefficient (Wildman–Crippen LogP) is 5.03. The van der Waals surface area contributed by atoms with Crippen molar-refractivity contribution < 1.29 is 9.53 Å². The second-order valence-electron chi connectivity index (χ2n) is 12.1. The van der Waals surface area contributed by atoms with Crippen LogP contribution in [0.1, 0.15) is 71.8 Å². The molecule has 42 heavy (non-hydrogen) atoms. The van der Waals surface area contributed by atoms with Crippen LogP contribution in [-0.2, 0) is 31.0 Å².